The summed E-state index contributed by atoms with van der Waals surface area (Å²) < 4.78 is 0. The van der Waals surface area contributed by atoms with E-state index in [1.807, 2.05) is 30.3 Å². The maximum Gasteiger partial charge on any atom is 0.164 e. The van der Waals surface area contributed by atoms with Gasteiger partial charge >= 0.3 is 0 Å². The molecule has 4 nitrogen and oxygen atoms in total. The number of benzene rings is 10. The van der Waals surface area contributed by atoms with E-state index in [9.17, 15) is 0 Å². The summed E-state index contributed by atoms with van der Waals surface area (Å²) >= 11 is 0. The monoisotopic (exact) mass is 918 g/mol. The zero-order valence-electron chi connectivity index (χ0n) is 39.3. The Morgan fingerprint density at radius 1 is 0.153 bits per heavy atom. The molecule has 0 fully saturated rings. The summed E-state index contributed by atoms with van der Waals surface area (Å²) in [4.78, 5) is 21.4. The molecule has 10 aromatic carbocycles. The van der Waals surface area contributed by atoms with E-state index in [4.69, 9.17) is 19.9 Å². The minimum Gasteiger partial charge on any atom is -0.246 e. The molecule has 0 bridgehead atoms. The van der Waals surface area contributed by atoms with Gasteiger partial charge in [0, 0.05) is 44.5 Å². The quantitative estimate of drug-likeness (QED) is 0.130. The largest absolute Gasteiger partial charge is 0.246 e. The van der Waals surface area contributed by atoms with E-state index in [1.165, 1.54) is 0 Å². The fourth-order valence-electron chi connectivity index (χ4n) is 9.65. The Hall–Kier alpha value is -9.64. The molecule has 0 aliphatic rings. The second kappa shape index (κ2) is 19.8. The molecule has 0 amide bonds. The van der Waals surface area contributed by atoms with Crippen molar-refractivity contribution in [2.24, 2.45) is 0 Å². The average molecular weight is 919 g/mol. The maximum atomic E-state index is 5.66. The van der Waals surface area contributed by atoms with Crippen LogP contribution in [-0.4, -0.2) is 19.9 Å². The van der Waals surface area contributed by atoms with Crippen molar-refractivity contribution in [3.05, 3.63) is 279 Å². The van der Waals surface area contributed by atoms with E-state index in [-0.39, 0.29) is 0 Å². The Bertz CT molecular complexity index is 3650. The summed E-state index contributed by atoms with van der Waals surface area (Å²) in [6.45, 7) is 0. The molecule has 2 heterocycles. The molecule has 0 aliphatic carbocycles. The molecular weight excluding hydrogens is 873 g/mol. The third kappa shape index (κ3) is 8.93. The lowest BCUT2D eigenvalue weighted by molar-refractivity contribution is 1.07. The third-order valence-corrected chi connectivity index (χ3v) is 13.1. The van der Waals surface area contributed by atoms with Crippen LogP contribution in [-0.2, 0) is 0 Å². The molecular formula is C68H46N4. The number of hydrogen-bond donors (Lipinski definition) is 0. The first-order chi connectivity index (χ1) is 35.7. The molecule has 0 aliphatic heterocycles. The highest BCUT2D eigenvalue weighted by atomic mass is 15.0. The van der Waals surface area contributed by atoms with Crippen LogP contribution in [0.2, 0.25) is 0 Å². The van der Waals surface area contributed by atoms with Crippen molar-refractivity contribution < 1.29 is 0 Å². The van der Waals surface area contributed by atoms with E-state index >= 15 is 0 Å². The minimum atomic E-state index is 0.593. The number of pyridine rings is 1. The fourth-order valence-corrected chi connectivity index (χ4v) is 9.65. The van der Waals surface area contributed by atoms with E-state index < -0.39 is 0 Å². The summed E-state index contributed by atoms with van der Waals surface area (Å²) in [5, 5.41) is 0. The summed E-state index contributed by atoms with van der Waals surface area (Å²) in [5.74, 6) is 1.80. The van der Waals surface area contributed by atoms with Gasteiger partial charge in [-0.1, -0.05) is 249 Å². The van der Waals surface area contributed by atoms with E-state index in [2.05, 4.69) is 249 Å². The second-order valence-electron chi connectivity index (χ2n) is 17.8. The van der Waals surface area contributed by atoms with Gasteiger partial charge in [0.1, 0.15) is 0 Å². The zero-order chi connectivity index (χ0) is 48.1. The molecule has 12 rings (SSSR count). The van der Waals surface area contributed by atoms with Crippen LogP contribution in [0.5, 0.6) is 0 Å². The van der Waals surface area contributed by atoms with Crippen LogP contribution in [0.15, 0.2) is 279 Å². The van der Waals surface area contributed by atoms with Crippen molar-refractivity contribution in [1.82, 2.24) is 19.9 Å². The molecule has 338 valence electrons. The molecule has 72 heavy (non-hydrogen) atoms. The average Bonchev–Trinajstić information content (AvgIpc) is 3.48. The molecule has 0 unspecified atom stereocenters. The second-order valence-corrected chi connectivity index (χ2v) is 17.8. The molecule has 0 radical (unpaired) electrons. The minimum absolute atomic E-state index is 0.593. The predicted molar refractivity (Wildman–Crippen MR) is 297 cm³/mol. The van der Waals surface area contributed by atoms with Crippen LogP contribution >= 0.6 is 0 Å². The highest BCUT2D eigenvalue weighted by Crippen LogP contribution is 2.49. The van der Waals surface area contributed by atoms with Gasteiger partial charge in [-0.2, -0.15) is 0 Å². The van der Waals surface area contributed by atoms with Crippen molar-refractivity contribution in [3.8, 4) is 123 Å². The first-order valence-corrected chi connectivity index (χ1v) is 24.3. The summed E-state index contributed by atoms with van der Waals surface area (Å²) in [5.41, 5.74) is 19.7. The fraction of sp³-hybridized carbons (Fsp3) is 0. The molecule has 2 aromatic heterocycles. The topological polar surface area (TPSA) is 51.6 Å². The van der Waals surface area contributed by atoms with Crippen LogP contribution in [0.25, 0.3) is 123 Å². The molecule has 0 N–H and O–H groups in total. The Morgan fingerprint density at radius 2 is 0.431 bits per heavy atom. The first kappa shape index (κ1) is 43.6. The smallest absolute Gasteiger partial charge is 0.164 e. The Balaban J connectivity index is 1.05. The molecule has 12 aromatic rings. The molecule has 0 atom stereocenters. The van der Waals surface area contributed by atoms with Crippen LogP contribution in [0.4, 0.5) is 0 Å². The Morgan fingerprint density at radius 3 is 0.861 bits per heavy atom. The van der Waals surface area contributed by atoms with Crippen molar-refractivity contribution in [1.29, 1.82) is 0 Å². The molecule has 0 spiro atoms. The summed E-state index contributed by atoms with van der Waals surface area (Å²) in [7, 11) is 0. The van der Waals surface area contributed by atoms with Gasteiger partial charge in [0.25, 0.3) is 0 Å². The Labute approximate surface area is 420 Å². The first-order valence-electron chi connectivity index (χ1n) is 24.3. The maximum absolute atomic E-state index is 5.66. The van der Waals surface area contributed by atoms with Crippen molar-refractivity contribution in [3.63, 3.8) is 0 Å². The summed E-state index contributed by atoms with van der Waals surface area (Å²) in [6.07, 6.45) is 0. The number of hydrogen-bond acceptors (Lipinski definition) is 4. The van der Waals surface area contributed by atoms with Crippen LogP contribution < -0.4 is 0 Å². The zero-order valence-corrected chi connectivity index (χ0v) is 39.3. The van der Waals surface area contributed by atoms with Crippen LogP contribution in [0.1, 0.15) is 0 Å². The van der Waals surface area contributed by atoms with E-state index in [0.717, 1.165) is 106 Å². The van der Waals surface area contributed by atoms with Crippen molar-refractivity contribution >= 4 is 0 Å². The lowest BCUT2D eigenvalue weighted by Crippen LogP contribution is -2.01. The van der Waals surface area contributed by atoms with Gasteiger partial charge in [-0.25, -0.2) is 19.9 Å². The Kier molecular flexibility index (Phi) is 12.0. The van der Waals surface area contributed by atoms with Gasteiger partial charge in [0.2, 0.25) is 0 Å². The number of aromatic nitrogens is 4. The molecule has 0 saturated carbocycles. The molecule has 4 heteroatoms. The van der Waals surface area contributed by atoms with Crippen molar-refractivity contribution in [2.45, 2.75) is 0 Å². The highest BCUT2D eigenvalue weighted by molar-refractivity contribution is 6.05. The van der Waals surface area contributed by atoms with Crippen LogP contribution in [0.3, 0.4) is 0 Å². The summed E-state index contributed by atoms with van der Waals surface area (Å²) in [6, 6.07) is 97.8. The van der Waals surface area contributed by atoms with E-state index in [1.54, 1.807) is 0 Å². The van der Waals surface area contributed by atoms with Gasteiger partial charge in [0.05, 0.1) is 11.4 Å². The van der Waals surface area contributed by atoms with Crippen LogP contribution in [0, 0.1) is 0 Å². The van der Waals surface area contributed by atoms with Crippen molar-refractivity contribution in [2.75, 3.05) is 0 Å². The van der Waals surface area contributed by atoms with Gasteiger partial charge in [-0.05, 0) is 80.4 Å². The highest BCUT2D eigenvalue weighted by Gasteiger charge is 2.25. The van der Waals surface area contributed by atoms with Gasteiger partial charge in [0.15, 0.2) is 17.5 Å². The van der Waals surface area contributed by atoms with Gasteiger partial charge in [-0.15, -0.1) is 0 Å². The SMILES string of the molecule is c1ccc(-c2cc(-c3ccccc3)cc(-c3nc(-c4ccccc4)nc(-c4cccc(-c5cccc(-c6c(-c7ccccc7)c(-c7ccccc7)nc(-c7ccccc7)c6-c6ccccc6)c5)c4)n3)c2)cc1. The van der Waals surface area contributed by atoms with Gasteiger partial charge < -0.3 is 0 Å². The number of nitrogens with zero attached hydrogens (tertiary/aromatic N) is 4. The lowest BCUT2D eigenvalue weighted by Gasteiger charge is -2.23. The van der Waals surface area contributed by atoms with Gasteiger partial charge in [-0.3, -0.25) is 0 Å². The van der Waals surface area contributed by atoms with E-state index in [0.29, 0.717) is 17.5 Å². The normalized spacial score (nSPS) is 11.1. The third-order valence-electron chi connectivity index (χ3n) is 13.1. The molecule has 0 saturated heterocycles. The number of rotatable bonds is 11. The standard InChI is InChI=1S/C68H46N4/c1-8-24-47(25-9-1)58-44-59(48-26-10-2-11-27-48)46-60(45-58)68-71-66(53-36-20-7-21-37-53)70-67(72-68)57-41-23-39-55(43-57)54-38-22-40-56(42-54)61-62(49-28-12-3-13-29-49)64(51-32-16-5-17-33-51)69-65(52-34-18-6-19-35-52)63(61)50-30-14-4-15-31-50/h1-46H. The lowest BCUT2D eigenvalue weighted by atomic mass is 9.82. The predicted octanol–water partition coefficient (Wildman–Crippen LogP) is 17.6.